The van der Waals surface area contributed by atoms with Crippen molar-refractivity contribution in [3.63, 3.8) is 0 Å². The van der Waals surface area contributed by atoms with Crippen LogP contribution in [0.15, 0.2) is 41.3 Å². The molecule has 1 N–H and O–H groups in total. The second-order valence-corrected chi connectivity index (χ2v) is 8.94. The fourth-order valence-corrected chi connectivity index (χ4v) is 4.76. The molecule has 9 heteroatoms. The van der Waals surface area contributed by atoms with Gasteiger partial charge in [0.15, 0.2) is 0 Å². The summed E-state index contributed by atoms with van der Waals surface area (Å²) >= 11 is 12.2. The first-order valence-electron chi connectivity index (χ1n) is 9.15. The van der Waals surface area contributed by atoms with Crippen molar-refractivity contribution in [2.45, 2.75) is 31.6 Å². The molecular weight excluding hydrogens is 435 g/mol. The van der Waals surface area contributed by atoms with Gasteiger partial charge in [0, 0.05) is 19.5 Å². The lowest BCUT2D eigenvalue weighted by Crippen LogP contribution is -2.30. The van der Waals surface area contributed by atoms with Gasteiger partial charge in [-0.1, -0.05) is 49.2 Å². The van der Waals surface area contributed by atoms with E-state index < -0.39 is 10.0 Å². The van der Waals surface area contributed by atoms with Gasteiger partial charge in [-0.3, -0.25) is 4.79 Å². The average Bonchev–Trinajstić information content (AvgIpc) is 2.69. The fourth-order valence-electron chi connectivity index (χ4n) is 2.86. The molecule has 0 aliphatic heterocycles. The summed E-state index contributed by atoms with van der Waals surface area (Å²) in [5.41, 5.74) is 1.06. The first-order chi connectivity index (χ1) is 13.7. The van der Waals surface area contributed by atoms with E-state index >= 15 is 0 Å². The van der Waals surface area contributed by atoms with Crippen LogP contribution in [-0.4, -0.2) is 38.8 Å². The summed E-state index contributed by atoms with van der Waals surface area (Å²) in [5, 5.41) is 3.58. The molecule has 0 aliphatic rings. The Hall–Kier alpha value is -1.80. The van der Waals surface area contributed by atoms with Gasteiger partial charge in [0.25, 0.3) is 0 Å². The summed E-state index contributed by atoms with van der Waals surface area (Å²) in [5.74, 6) is 0.0781. The normalized spacial score (nSPS) is 11.5. The second-order valence-electron chi connectivity index (χ2n) is 6.21. The molecule has 1 amide bonds. The minimum absolute atomic E-state index is 0.0928. The quantitative estimate of drug-likeness (QED) is 0.595. The highest BCUT2D eigenvalue weighted by Gasteiger charge is 2.23. The number of sulfonamides is 1. The number of methoxy groups -OCH3 is 1. The van der Waals surface area contributed by atoms with E-state index in [1.54, 1.807) is 32.0 Å². The number of ether oxygens (including phenoxy) is 1. The number of hydrogen-bond donors (Lipinski definition) is 1. The molecule has 0 atom stereocenters. The Morgan fingerprint density at radius 3 is 2.45 bits per heavy atom. The van der Waals surface area contributed by atoms with E-state index in [0.717, 1.165) is 5.56 Å². The number of benzene rings is 2. The first kappa shape index (κ1) is 23.5. The summed E-state index contributed by atoms with van der Waals surface area (Å²) in [7, 11) is -2.20. The molecule has 0 spiro atoms. The molecule has 2 rings (SSSR count). The minimum atomic E-state index is -3.66. The number of carbonyl (C=O) groups excluding carboxylic acids is 1. The lowest BCUT2D eigenvalue weighted by molar-refractivity contribution is -0.116. The number of hydrogen-bond acceptors (Lipinski definition) is 4. The maximum Gasteiger partial charge on any atom is 0.243 e. The van der Waals surface area contributed by atoms with Crippen LogP contribution in [0.2, 0.25) is 10.0 Å². The molecule has 0 saturated heterocycles. The maximum absolute atomic E-state index is 12.8. The smallest absolute Gasteiger partial charge is 0.243 e. The third kappa shape index (κ3) is 5.63. The maximum atomic E-state index is 12.8. The van der Waals surface area contributed by atoms with Crippen LogP contribution in [0.25, 0.3) is 0 Å². The van der Waals surface area contributed by atoms with Crippen molar-refractivity contribution in [3.05, 3.63) is 52.0 Å². The third-order valence-corrected chi connectivity index (χ3v) is 7.35. The summed E-state index contributed by atoms with van der Waals surface area (Å²) < 4.78 is 32.1. The topological polar surface area (TPSA) is 75.7 Å². The van der Waals surface area contributed by atoms with Crippen LogP contribution in [-0.2, 0) is 21.2 Å². The predicted molar refractivity (Wildman–Crippen MR) is 117 cm³/mol. The highest BCUT2D eigenvalue weighted by Crippen LogP contribution is 2.30. The summed E-state index contributed by atoms with van der Waals surface area (Å²) in [6, 6.07) is 9.66. The molecule has 0 bridgehead atoms. The summed E-state index contributed by atoms with van der Waals surface area (Å²) in [6.45, 7) is 4.25. The average molecular weight is 459 g/mol. The lowest BCUT2D eigenvalue weighted by atomic mass is 10.1. The Labute approximate surface area is 181 Å². The molecule has 6 nitrogen and oxygen atoms in total. The van der Waals surface area contributed by atoms with E-state index in [1.807, 2.05) is 0 Å². The third-order valence-electron chi connectivity index (χ3n) is 4.44. The van der Waals surface area contributed by atoms with E-state index in [2.05, 4.69) is 5.32 Å². The van der Waals surface area contributed by atoms with Gasteiger partial charge in [0.2, 0.25) is 15.9 Å². The number of nitrogens with zero attached hydrogens (tertiary/aromatic N) is 1. The van der Waals surface area contributed by atoms with E-state index in [-0.39, 0.29) is 17.2 Å². The molecule has 0 fully saturated rings. The van der Waals surface area contributed by atoms with Crippen LogP contribution < -0.4 is 10.1 Å². The molecule has 0 saturated carbocycles. The van der Waals surface area contributed by atoms with Crippen molar-refractivity contribution in [2.75, 3.05) is 25.5 Å². The number of rotatable bonds is 9. The molecule has 0 unspecified atom stereocenters. The zero-order chi connectivity index (χ0) is 21.6. The Bertz CT molecular complexity index is 976. The molecular formula is C20H24Cl2N2O4S. The van der Waals surface area contributed by atoms with Gasteiger partial charge in [-0.25, -0.2) is 8.42 Å². The number of halogens is 2. The van der Waals surface area contributed by atoms with Gasteiger partial charge in [0.05, 0.1) is 27.7 Å². The summed E-state index contributed by atoms with van der Waals surface area (Å²) in [6.07, 6.45) is 0.543. The van der Waals surface area contributed by atoms with Crippen molar-refractivity contribution in [3.8, 4) is 5.75 Å². The lowest BCUT2D eigenvalue weighted by Gasteiger charge is -2.19. The highest BCUT2D eigenvalue weighted by atomic mass is 35.5. The Morgan fingerprint density at radius 2 is 1.83 bits per heavy atom. The fraction of sp³-hybridized carbons (Fsp3) is 0.350. The molecule has 2 aromatic rings. The molecule has 29 heavy (non-hydrogen) atoms. The van der Waals surface area contributed by atoms with Gasteiger partial charge in [-0.15, -0.1) is 0 Å². The van der Waals surface area contributed by atoms with Crippen LogP contribution in [0.3, 0.4) is 0 Å². The van der Waals surface area contributed by atoms with Gasteiger partial charge >= 0.3 is 0 Å². The SMILES string of the molecule is CCN(CC)S(=O)(=O)c1ccc(OC)c(NC(=O)CCc2cccc(Cl)c2Cl)c1. The van der Waals surface area contributed by atoms with E-state index in [4.69, 9.17) is 27.9 Å². The van der Waals surface area contributed by atoms with Gasteiger partial charge in [-0.05, 0) is 36.2 Å². The van der Waals surface area contributed by atoms with Gasteiger partial charge in [0.1, 0.15) is 5.75 Å². The second kappa shape index (κ2) is 10.3. The van der Waals surface area contributed by atoms with Crippen molar-refractivity contribution in [2.24, 2.45) is 0 Å². The largest absolute Gasteiger partial charge is 0.495 e. The van der Waals surface area contributed by atoms with Crippen molar-refractivity contribution in [1.29, 1.82) is 0 Å². The van der Waals surface area contributed by atoms with Crippen molar-refractivity contribution in [1.82, 2.24) is 4.31 Å². The van der Waals surface area contributed by atoms with E-state index in [0.29, 0.717) is 41.0 Å². The number of amides is 1. The van der Waals surface area contributed by atoms with Crippen molar-refractivity contribution < 1.29 is 17.9 Å². The number of nitrogens with one attached hydrogen (secondary N) is 1. The molecule has 0 aliphatic carbocycles. The predicted octanol–water partition coefficient (Wildman–Crippen LogP) is 4.60. The Kier molecular flexibility index (Phi) is 8.34. The van der Waals surface area contributed by atoms with Crippen LogP contribution in [0.4, 0.5) is 5.69 Å². The first-order valence-corrected chi connectivity index (χ1v) is 11.3. The standard InChI is InChI=1S/C20H24Cl2N2O4S/c1-4-24(5-2)29(26,27)15-10-11-18(28-3)17(13-15)23-19(25)12-9-14-7-6-8-16(21)20(14)22/h6-8,10-11,13H,4-5,9,12H2,1-3H3,(H,23,25). The Balaban J connectivity index is 2.20. The van der Waals surface area contributed by atoms with Crippen LogP contribution >= 0.6 is 23.2 Å². The highest BCUT2D eigenvalue weighted by molar-refractivity contribution is 7.89. The molecule has 158 valence electrons. The molecule has 0 aromatic heterocycles. The molecule has 0 heterocycles. The zero-order valence-corrected chi connectivity index (χ0v) is 18.9. The number of aryl methyl sites for hydroxylation is 1. The van der Waals surface area contributed by atoms with E-state index in [9.17, 15) is 13.2 Å². The minimum Gasteiger partial charge on any atom is -0.495 e. The van der Waals surface area contributed by atoms with Crippen molar-refractivity contribution >= 4 is 44.8 Å². The van der Waals surface area contributed by atoms with E-state index in [1.165, 1.54) is 29.6 Å². The zero-order valence-electron chi connectivity index (χ0n) is 16.5. The number of carbonyl (C=O) groups is 1. The number of anilines is 1. The molecule has 2 aromatic carbocycles. The van der Waals surface area contributed by atoms with Crippen LogP contribution in [0.5, 0.6) is 5.75 Å². The van der Waals surface area contributed by atoms with Gasteiger partial charge in [-0.2, -0.15) is 4.31 Å². The summed E-state index contributed by atoms with van der Waals surface area (Å²) in [4.78, 5) is 12.5. The van der Waals surface area contributed by atoms with Crippen LogP contribution in [0.1, 0.15) is 25.8 Å². The van der Waals surface area contributed by atoms with Gasteiger partial charge < -0.3 is 10.1 Å². The molecule has 0 radical (unpaired) electrons. The monoisotopic (exact) mass is 458 g/mol. The Morgan fingerprint density at radius 1 is 1.14 bits per heavy atom. The van der Waals surface area contributed by atoms with Crippen LogP contribution in [0, 0.1) is 0 Å².